The molecule has 0 saturated heterocycles. The lowest BCUT2D eigenvalue weighted by molar-refractivity contribution is -0.120. The van der Waals surface area contributed by atoms with Crippen molar-refractivity contribution in [3.63, 3.8) is 0 Å². The third kappa shape index (κ3) is 6.32. The number of hydrogen-bond donors (Lipinski definition) is 1. The predicted octanol–water partition coefficient (Wildman–Crippen LogP) is 3.81. The Morgan fingerprint density at radius 2 is 2.08 bits per heavy atom. The van der Waals surface area contributed by atoms with Crippen LogP contribution in [-0.2, 0) is 14.8 Å². The molecule has 1 aliphatic rings. The van der Waals surface area contributed by atoms with Crippen molar-refractivity contribution in [1.29, 1.82) is 0 Å². The number of carbonyl (C=O) groups excluding carboxylic acids is 1. The number of hydrogen-bond acceptors (Lipinski definition) is 3. The van der Waals surface area contributed by atoms with Crippen molar-refractivity contribution in [2.45, 2.75) is 45.4 Å². The summed E-state index contributed by atoms with van der Waals surface area (Å²) in [5.41, 5.74) is 2.72. The van der Waals surface area contributed by atoms with Crippen LogP contribution in [0.2, 0.25) is 5.02 Å². The fraction of sp³-hybridized carbons (Fsp3) is 0.526. The van der Waals surface area contributed by atoms with Crippen molar-refractivity contribution >= 4 is 33.2 Å². The topological polar surface area (TPSA) is 66.5 Å². The summed E-state index contributed by atoms with van der Waals surface area (Å²) in [6, 6.07) is 5.10. The molecule has 1 aromatic carbocycles. The number of nitrogens with zero attached hydrogens (tertiary/aromatic N) is 1. The highest BCUT2D eigenvalue weighted by Gasteiger charge is 2.20. The summed E-state index contributed by atoms with van der Waals surface area (Å²) < 4.78 is 25.6. The van der Waals surface area contributed by atoms with Gasteiger partial charge in [0.05, 0.1) is 11.9 Å². The number of benzene rings is 1. The number of amides is 1. The Labute approximate surface area is 161 Å². The van der Waals surface area contributed by atoms with Crippen LogP contribution in [-0.4, -0.2) is 33.7 Å². The first kappa shape index (κ1) is 20.8. The van der Waals surface area contributed by atoms with Gasteiger partial charge in [-0.25, -0.2) is 8.42 Å². The van der Waals surface area contributed by atoms with E-state index in [0.29, 0.717) is 17.3 Å². The minimum absolute atomic E-state index is 0.0918. The monoisotopic (exact) mass is 398 g/mol. The third-order valence-corrected chi connectivity index (χ3v) is 5.95. The number of halogens is 1. The summed E-state index contributed by atoms with van der Waals surface area (Å²) in [5, 5.41) is 3.35. The first-order valence-corrected chi connectivity index (χ1v) is 11.2. The normalized spacial score (nSPS) is 14.7. The molecule has 0 fully saturated rings. The molecule has 0 spiro atoms. The number of rotatable bonds is 8. The van der Waals surface area contributed by atoms with Crippen molar-refractivity contribution in [3.8, 4) is 0 Å². The third-order valence-electron chi connectivity index (χ3n) is 4.54. The second kappa shape index (κ2) is 9.42. The summed E-state index contributed by atoms with van der Waals surface area (Å²) >= 11 is 6.01. The summed E-state index contributed by atoms with van der Waals surface area (Å²) in [7, 11) is -3.50. The maximum absolute atomic E-state index is 12.2. The van der Waals surface area contributed by atoms with Crippen LogP contribution >= 0.6 is 11.6 Å². The van der Waals surface area contributed by atoms with Crippen LogP contribution in [0.25, 0.3) is 0 Å². The van der Waals surface area contributed by atoms with Gasteiger partial charge in [-0.15, -0.1) is 0 Å². The van der Waals surface area contributed by atoms with Crippen LogP contribution < -0.4 is 9.62 Å². The zero-order valence-corrected chi connectivity index (χ0v) is 17.0. The Morgan fingerprint density at radius 3 is 2.73 bits per heavy atom. The van der Waals surface area contributed by atoms with Crippen molar-refractivity contribution in [1.82, 2.24) is 5.32 Å². The van der Waals surface area contributed by atoms with Crippen LogP contribution in [0.3, 0.4) is 0 Å². The van der Waals surface area contributed by atoms with Crippen LogP contribution in [0.5, 0.6) is 0 Å². The van der Waals surface area contributed by atoms with E-state index < -0.39 is 10.0 Å². The van der Waals surface area contributed by atoms with E-state index in [1.54, 1.807) is 18.2 Å². The lowest BCUT2D eigenvalue weighted by Crippen LogP contribution is -2.35. The number of nitrogens with one attached hydrogen (secondary N) is 1. The second-order valence-corrected chi connectivity index (χ2v) is 9.07. The molecule has 1 aromatic rings. The highest BCUT2D eigenvalue weighted by molar-refractivity contribution is 7.92. The van der Waals surface area contributed by atoms with Gasteiger partial charge in [-0.2, -0.15) is 0 Å². The van der Waals surface area contributed by atoms with E-state index in [-0.39, 0.29) is 18.9 Å². The zero-order chi connectivity index (χ0) is 19.2. The molecule has 0 unspecified atom stereocenters. The molecule has 0 aliphatic heterocycles. The van der Waals surface area contributed by atoms with Gasteiger partial charge in [-0.1, -0.05) is 29.3 Å². The van der Waals surface area contributed by atoms with Gasteiger partial charge in [0.1, 0.15) is 0 Å². The standard InChI is InChI=1S/C19H27ClN2O3S/c1-15-8-9-17(20)14-18(15)22(26(2,24)25)13-11-19(23)21-12-10-16-6-4-3-5-7-16/h6,8-9,14H,3-5,7,10-13H2,1-2H3,(H,21,23). The van der Waals surface area contributed by atoms with Crippen LogP contribution in [0.4, 0.5) is 5.69 Å². The lowest BCUT2D eigenvalue weighted by atomic mass is 9.97. The molecule has 5 nitrogen and oxygen atoms in total. The average Bonchev–Trinajstić information content (AvgIpc) is 2.58. The van der Waals surface area contributed by atoms with E-state index in [9.17, 15) is 13.2 Å². The molecular formula is C19H27ClN2O3S. The van der Waals surface area contributed by atoms with E-state index >= 15 is 0 Å². The maximum atomic E-state index is 12.2. The van der Waals surface area contributed by atoms with E-state index in [4.69, 9.17) is 11.6 Å². The minimum atomic E-state index is -3.50. The fourth-order valence-corrected chi connectivity index (χ4v) is 4.25. The molecule has 0 radical (unpaired) electrons. The highest BCUT2D eigenvalue weighted by atomic mass is 35.5. The first-order chi connectivity index (χ1) is 12.3. The van der Waals surface area contributed by atoms with Gasteiger partial charge in [-0.3, -0.25) is 9.10 Å². The number of anilines is 1. The zero-order valence-electron chi connectivity index (χ0n) is 15.4. The van der Waals surface area contributed by atoms with Crippen molar-refractivity contribution < 1.29 is 13.2 Å². The second-order valence-electron chi connectivity index (χ2n) is 6.72. The molecule has 0 bridgehead atoms. The molecular weight excluding hydrogens is 372 g/mol. The summed E-state index contributed by atoms with van der Waals surface area (Å²) in [6.07, 6.45) is 9.11. The molecule has 2 rings (SSSR count). The van der Waals surface area contributed by atoms with Gasteiger partial charge in [0.25, 0.3) is 0 Å². The van der Waals surface area contributed by atoms with Crippen molar-refractivity contribution in [3.05, 3.63) is 40.4 Å². The molecule has 1 aliphatic carbocycles. The van der Waals surface area contributed by atoms with E-state index in [0.717, 1.165) is 31.1 Å². The smallest absolute Gasteiger partial charge is 0.232 e. The van der Waals surface area contributed by atoms with Gasteiger partial charge < -0.3 is 5.32 Å². The average molecular weight is 399 g/mol. The van der Waals surface area contributed by atoms with E-state index in [2.05, 4.69) is 11.4 Å². The molecule has 1 N–H and O–H groups in total. The fourth-order valence-electron chi connectivity index (χ4n) is 3.10. The van der Waals surface area contributed by atoms with Crippen LogP contribution in [0, 0.1) is 6.92 Å². The van der Waals surface area contributed by atoms with Crippen LogP contribution in [0.1, 0.15) is 44.1 Å². The van der Waals surface area contributed by atoms with Gasteiger partial charge >= 0.3 is 0 Å². The van der Waals surface area contributed by atoms with Crippen molar-refractivity contribution in [2.75, 3.05) is 23.7 Å². The SMILES string of the molecule is Cc1ccc(Cl)cc1N(CCC(=O)NCCC1=CCCCC1)S(C)(=O)=O. The molecule has 0 aromatic heterocycles. The Morgan fingerprint density at radius 1 is 1.31 bits per heavy atom. The molecule has 0 atom stereocenters. The largest absolute Gasteiger partial charge is 0.356 e. The van der Waals surface area contributed by atoms with E-state index in [1.165, 1.54) is 22.7 Å². The van der Waals surface area contributed by atoms with Gasteiger partial charge in [0.2, 0.25) is 15.9 Å². The predicted molar refractivity (Wildman–Crippen MR) is 107 cm³/mol. The molecule has 7 heteroatoms. The highest BCUT2D eigenvalue weighted by Crippen LogP contribution is 2.26. The Kier molecular flexibility index (Phi) is 7.53. The van der Waals surface area contributed by atoms with Gasteiger partial charge in [0, 0.05) is 24.5 Å². The molecule has 1 amide bonds. The molecule has 0 heterocycles. The molecule has 144 valence electrons. The number of sulfonamides is 1. The van der Waals surface area contributed by atoms with E-state index in [1.807, 2.05) is 6.92 Å². The van der Waals surface area contributed by atoms with Gasteiger partial charge in [0.15, 0.2) is 0 Å². The van der Waals surface area contributed by atoms with Gasteiger partial charge in [-0.05, 0) is 56.7 Å². The van der Waals surface area contributed by atoms with Crippen molar-refractivity contribution in [2.24, 2.45) is 0 Å². The summed E-state index contributed by atoms with van der Waals surface area (Å²) in [6.45, 7) is 2.51. The summed E-state index contributed by atoms with van der Waals surface area (Å²) in [5.74, 6) is -0.144. The Balaban J connectivity index is 1.91. The number of aryl methyl sites for hydroxylation is 1. The lowest BCUT2D eigenvalue weighted by Gasteiger charge is -2.24. The maximum Gasteiger partial charge on any atom is 0.232 e. The summed E-state index contributed by atoms with van der Waals surface area (Å²) in [4.78, 5) is 12.1. The molecule has 26 heavy (non-hydrogen) atoms. The first-order valence-electron chi connectivity index (χ1n) is 8.96. The minimum Gasteiger partial charge on any atom is -0.356 e. The number of carbonyl (C=O) groups is 1. The Bertz CT molecular complexity index is 775. The molecule has 0 saturated carbocycles. The number of allylic oxidation sites excluding steroid dienone is 1. The quantitative estimate of drug-likeness (QED) is 0.677. The Hall–Kier alpha value is -1.53. The van der Waals surface area contributed by atoms with Crippen LogP contribution in [0.15, 0.2) is 29.8 Å².